The molecule has 1 aliphatic carbocycles. The van der Waals surface area contributed by atoms with Crippen molar-refractivity contribution < 1.29 is 5.11 Å². The molecule has 1 atom stereocenters. The SMILES string of the molecule is [B]CC1CCCCCC/C(N)=C(/C=C(\N)c2ccccc2O)C1. The van der Waals surface area contributed by atoms with Crippen LogP contribution >= 0.6 is 0 Å². The van der Waals surface area contributed by atoms with Gasteiger partial charge in [0.15, 0.2) is 0 Å². The fourth-order valence-corrected chi connectivity index (χ4v) is 3.14. The predicted molar refractivity (Wildman–Crippen MR) is 97.9 cm³/mol. The van der Waals surface area contributed by atoms with Gasteiger partial charge in [0, 0.05) is 17.0 Å². The molecule has 0 heterocycles. The Morgan fingerprint density at radius 2 is 1.96 bits per heavy atom. The van der Waals surface area contributed by atoms with Gasteiger partial charge in [-0.25, -0.2) is 0 Å². The van der Waals surface area contributed by atoms with Gasteiger partial charge in [0.2, 0.25) is 0 Å². The lowest BCUT2D eigenvalue weighted by molar-refractivity contribution is 0.473. The van der Waals surface area contributed by atoms with Crippen LogP contribution in [0.2, 0.25) is 6.32 Å². The van der Waals surface area contributed by atoms with Gasteiger partial charge in [-0.3, -0.25) is 0 Å². The Bertz CT molecular complexity index is 580. The maximum atomic E-state index is 9.97. The molecule has 0 saturated carbocycles. The first-order valence-electron chi connectivity index (χ1n) is 8.55. The Kier molecular flexibility index (Phi) is 6.63. The minimum absolute atomic E-state index is 0.190. The number of aromatic hydroxyl groups is 1. The molecular weight excluding hydrogens is 283 g/mol. The highest BCUT2D eigenvalue weighted by atomic mass is 16.3. The lowest BCUT2D eigenvalue weighted by atomic mass is 9.81. The zero-order chi connectivity index (χ0) is 16.7. The first-order chi connectivity index (χ1) is 11.1. The summed E-state index contributed by atoms with van der Waals surface area (Å²) in [5.74, 6) is 0.630. The van der Waals surface area contributed by atoms with Crippen molar-refractivity contribution in [3.8, 4) is 5.75 Å². The van der Waals surface area contributed by atoms with Crippen molar-refractivity contribution in [1.82, 2.24) is 0 Å². The third kappa shape index (κ3) is 5.09. The van der Waals surface area contributed by atoms with Gasteiger partial charge in [-0.2, -0.15) is 0 Å². The molecule has 3 nitrogen and oxygen atoms in total. The number of allylic oxidation sites excluding steroid dienone is 3. The standard InChI is InChI=1S/C19H27BN2O/c20-13-14-7-3-1-2-4-9-17(21)15(11-14)12-18(22)16-8-5-6-10-19(16)23/h5-6,8,10,12,14,23H,1-4,7,9,11,13,21-22H2/b17-15-,18-12-. The Labute approximate surface area is 140 Å². The van der Waals surface area contributed by atoms with Crippen molar-refractivity contribution in [2.24, 2.45) is 17.4 Å². The van der Waals surface area contributed by atoms with Gasteiger partial charge >= 0.3 is 0 Å². The normalized spacial score (nSPS) is 24.3. The Morgan fingerprint density at radius 1 is 1.22 bits per heavy atom. The molecule has 0 bridgehead atoms. The van der Waals surface area contributed by atoms with Gasteiger partial charge in [0.05, 0.1) is 7.85 Å². The lowest BCUT2D eigenvalue weighted by Gasteiger charge is -2.20. The number of rotatable bonds is 3. The van der Waals surface area contributed by atoms with Crippen LogP contribution in [0.25, 0.3) is 5.70 Å². The van der Waals surface area contributed by atoms with Gasteiger partial charge in [-0.1, -0.05) is 44.1 Å². The average Bonchev–Trinajstić information content (AvgIpc) is 2.55. The molecule has 1 unspecified atom stereocenters. The molecular formula is C19H27BN2O. The monoisotopic (exact) mass is 310 g/mol. The highest BCUT2D eigenvalue weighted by molar-refractivity contribution is 6.08. The minimum Gasteiger partial charge on any atom is -0.507 e. The number of nitrogens with two attached hydrogens (primary N) is 2. The number of para-hydroxylation sites is 1. The molecule has 5 N–H and O–H groups in total. The quantitative estimate of drug-likeness (QED) is 0.742. The first-order valence-corrected chi connectivity index (χ1v) is 8.55. The molecule has 1 aliphatic rings. The summed E-state index contributed by atoms with van der Waals surface area (Å²) in [6.07, 6.45) is 10.3. The van der Waals surface area contributed by atoms with E-state index in [1.807, 2.05) is 18.2 Å². The minimum atomic E-state index is 0.190. The molecule has 2 radical (unpaired) electrons. The topological polar surface area (TPSA) is 72.3 Å². The van der Waals surface area contributed by atoms with Gasteiger partial charge in [0.1, 0.15) is 5.75 Å². The van der Waals surface area contributed by atoms with E-state index in [0.717, 1.165) is 37.0 Å². The molecule has 0 fully saturated rings. The van der Waals surface area contributed by atoms with E-state index in [9.17, 15) is 5.11 Å². The van der Waals surface area contributed by atoms with Crippen molar-refractivity contribution >= 4 is 13.5 Å². The fourth-order valence-electron chi connectivity index (χ4n) is 3.14. The average molecular weight is 310 g/mol. The van der Waals surface area contributed by atoms with Crippen molar-refractivity contribution in [2.45, 2.75) is 51.3 Å². The largest absolute Gasteiger partial charge is 0.507 e. The molecule has 1 aromatic carbocycles. The van der Waals surface area contributed by atoms with E-state index in [2.05, 4.69) is 0 Å². The maximum Gasteiger partial charge on any atom is 0.124 e. The Hall–Kier alpha value is -1.84. The number of hydrogen-bond donors (Lipinski definition) is 3. The third-order valence-electron chi connectivity index (χ3n) is 4.61. The number of phenols is 1. The van der Waals surface area contributed by atoms with E-state index in [1.54, 1.807) is 12.1 Å². The summed E-state index contributed by atoms with van der Waals surface area (Å²) in [6, 6.07) is 7.11. The van der Waals surface area contributed by atoms with Crippen LogP contribution in [-0.4, -0.2) is 13.0 Å². The highest BCUT2D eigenvalue weighted by Crippen LogP contribution is 2.29. The molecule has 0 saturated heterocycles. The van der Waals surface area contributed by atoms with E-state index in [4.69, 9.17) is 19.3 Å². The highest BCUT2D eigenvalue weighted by Gasteiger charge is 2.14. The van der Waals surface area contributed by atoms with Crippen LogP contribution in [0, 0.1) is 5.92 Å². The zero-order valence-corrected chi connectivity index (χ0v) is 13.8. The molecule has 0 spiro atoms. The third-order valence-corrected chi connectivity index (χ3v) is 4.61. The zero-order valence-electron chi connectivity index (χ0n) is 13.8. The van der Waals surface area contributed by atoms with Crippen LogP contribution in [0.3, 0.4) is 0 Å². The summed E-state index contributed by atoms with van der Waals surface area (Å²) in [7, 11) is 5.93. The van der Waals surface area contributed by atoms with Crippen LogP contribution in [0.1, 0.15) is 50.5 Å². The maximum absolute atomic E-state index is 9.97. The van der Waals surface area contributed by atoms with Gasteiger partial charge in [0.25, 0.3) is 0 Å². The second kappa shape index (κ2) is 8.71. The second-order valence-corrected chi connectivity index (χ2v) is 6.43. The number of phenolic OH excluding ortho intramolecular Hbond substituents is 1. The van der Waals surface area contributed by atoms with Crippen LogP contribution in [0.4, 0.5) is 0 Å². The summed E-state index contributed by atoms with van der Waals surface area (Å²) in [6.45, 7) is 0. The smallest absolute Gasteiger partial charge is 0.124 e. The summed E-state index contributed by atoms with van der Waals surface area (Å²) in [5, 5.41) is 9.97. The van der Waals surface area contributed by atoms with Gasteiger partial charge in [-0.05, 0) is 49.0 Å². The lowest BCUT2D eigenvalue weighted by Crippen LogP contribution is -2.10. The van der Waals surface area contributed by atoms with Crippen LogP contribution in [0.15, 0.2) is 41.6 Å². The second-order valence-electron chi connectivity index (χ2n) is 6.43. The molecule has 0 aromatic heterocycles. The molecule has 122 valence electrons. The fraction of sp³-hybridized carbons (Fsp3) is 0.474. The molecule has 0 amide bonds. The van der Waals surface area contributed by atoms with Crippen molar-refractivity contribution in [1.29, 1.82) is 0 Å². The van der Waals surface area contributed by atoms with E-state index in [-0.39, 0.29) is 5.75 Å². The molecule has 2 rings (SSSR count). The molecule has 1 aromatic rings. The van der Waals surface area contributed by atoms with E-state index in [0.29, 0.717) is 23.5 Å². The molecule has 23 heavy (non-hydrogen) atoms. The molecule has 0 aliphatic heterocycles. The summed E-state index contributed by atoms with van der Waals surface area (Å²) in [5.41, 5.74) is 15.7. The Morgan fingerprint density at radius 3 is 2.70 bits per heavy atom. The summed E-state index contributed by atoms with van der Waals surface area (Å²) >= 11 is 0. The van der Waals surface area contributed by atoms with Gasteiger partial charge in [-0.15, -0.1) is 0 Å². The Balaban J connectivity index is 2.30. The number of hydrogen-bond acceptors (Lipinski definition) is 3. The van der Waals surface area contributed by atoms with E-state index in [1.165, 1.54) is 19.3 Å². The summed E-state index contributed by atoms with van der Waals surface area (Å²) in [4.78, 5) is 0. The van der Waals surface area contributed by atoms with Crippen LogP contribution in [0.5, 0.6) is 5.75 Å². The van der Waals surface area contributed by atoms with E-state index >= 15 is 0 Å². The van der Waals surface area contributed by atoms with Gasteiger partial charge < -0.3 is 16.6 Å². The van der Waals surface area contributed by atoms with Crippen molar-refractivity contribution in [2.75, 3.05) is 0 Å². The van der Waals surface area contributed by atoms with Crippen molar-refractivity contribution in [3.63, 3.8) is 0 Å². The van der Waals surface area contributed by atoms with E-state index < -0.39 is 0 Å². The number of benzene rings is 1. The molecule has 4 heteroatoms. The van der Waals surface area contributed by atoms with Crippen LogP contribution in [-0.2, 0) is 0 Å². The van der Waals surface area contributed by atoms with Crippen LogP contribution < -0.4 is 11.5 Å². The first kappa shape index (κ1) is 17.5. The van der Waals surface area contributed by atoms with Crippen molar-refractivity contribution in [3.05, 3.63) is 47.2 Å². The predicted octanol–water partition coefficient (Wildman–Crippen LogP) is 3.85. The summed E-state index contributed by atoms with van der Waals surface area (Å²) < 4.78 is 0.